The first-order valence-electron chi connectivity index (χ1n) is 8.07. The summed E-state index contributed by atoms with van der Waals surface area (Å²) in [6.45, 7) is 8.66. The lowest BCUT2D eigenvalue weighted by atomic mass is 9.77. The summed E-state index contributed by atoms with van der Waals surface area (Å²) in [7, 11) is 0. The van der Waals surface area contributed by atoms with Crippen LogP contribution in [0.15, 0.2) is 6.07 Å². The smallest absolute Gasteiger partial charge is 0.140 e. The third-order valence-corrected chi connectivity index (χ3v) is 4.72. The molecule has 2 rings (SSSR count). The zero-order chi connectivity index (χ0) is 15.6. The Morgan fingerprint density at radius 2 is 1.67 bits per heavy atom. The van der Waals surface area contributed by atoms with Crippen LogP contribution in [0, 0.1) is 20.8 Å². The molecular weight excluding hydrogens is 260 g/mol. The van der Waals surface area contributed by atoms with Crippen molar-refractivity contribution in [2.45, 2.75) is 72.1 Å². The van der Waals surface area contributed by atoms with Gasteiger partial charge in [0.25, 0.3) is 0 Å². The first-order chi connectivity index (χ1) is 9.93. The number of hydrogen-bond acceptors (Lipinski definition) is 2. The highest BCUT2D eigenvalue weighted by Crippen LogP contribution is 2.36. The summed E-state index contributed by atoms with van der Waals surface area (Å²) in [5, 5.41) is 0. The molecule has 2 nitrogen and oxygen atoms in total. The molecule has 0 aromatic heterocycles. The number of Topliss-reactive ketones (excluding diaryl/α,β-unsaturated/α-hetero) is 2. The molecule has 0 radical (unpaired) electrons. The van der Waals surface area contributed by atoms with Gasteiger partial charge >= 0.3 is 0 Å². The predicted octanol–water partition coefficient (Wildman–Crippen LogP) is 4.36. The van der Waals surface area contributed by atoms with Gasteiger partial charge in [-0.2, -0.15) is 0 Å². The molecule has 0 saturated heterocycles. The molecular formula is C19H26O2. The van der Waals surface area contributed by atoms with E-state index in [1.807, 2.05) is 0 Å². The molecule has 0 atom stereocenters. The fourth-order valence-corrected chi connectivity index (χ4v) is 3.80. The van der Waals surface area contributed by atoms with Gasteiger partial charge < -0.3 is 0 Å². The van der Waals surface area contributed by atoms with E-state index in [4.69, 9.17) is 0 Å². The minimum Gasteiger partial charge on any atom is -0.299 e. The van der Waals surface area contributed by atoms with Crippen LogP contribution in [0.5, 0.6) is 0 Å². The third kappa shape index (κ3) is 3.42. The van der Waals surface area contributed by atoms with Crippen molar-refractivity contribution < 1.29 is 9.59 Å². The maximum absolute atomic E-state index is 11.8. The van der Waals surface area contributed by atoms with Gasteiger partial charge in [0.1, 0.15) is 11.6 Å². The van der Waals surface area contributed by atoms with E-state index in [0.29, 0.717) is 12.8 Å². The number of rotatable bonds is 4. The van der Waals surface area contributed by atoms with E-state index in [1.165, 1.54) is 40.7 Å². The van der Waals surface area contributed by atoms with Crippen LogP contribution in [0.25, 0.3) is 0 Å². The Hall–Kier alpha value is -1.44. The fourth-order valence-electron chi connectivity index (χ4n) is 3.80. The number of ketones is 2. The van der Waals surface area contributed by atoms with Crippen molar-refractivity contribution in [2.24, 2.45) is 0 Å². The first-order valence-corrected chi connectivity index (χ1v) is 8.07. The summed E-state index contributed by atoms with van der Waals surface area (Å²) in [4.78, 5) is 23.6. The number of carbonyl (C=O) groups excluding carboxylic acids is 2. The lowest BCUT2D eigenvalue weighted by Gasteiger charge is -2.26. The second-order valence-corrected chi connectivity index (χ2v) is 6.49. The van der Waals surface area contributed by atoms with E-state index >= 15 is 0 Å². The van der Waals surface area contributed by atoms with Gasteiger partial charge in [0.2, 0.25) is 0 Å². The van der Waals surface area contributed by atoms with Crippen LogP contribution in [0.1, 0.15) is 72.8 Å². The van der Waals surface area contributed by atoms with Gasteiger partial charge in [0.15, 0.2) is 0 Å². The van der Waals surface area contributed by atoms with Crippen molar-refractivity contribution >= 4 is 11.6 Å². The van der Waals surface area contributed by atoms with Gasteiger partial charge in [-0.25, -0.2) is 0 Å². The fraction of sp³-hybridized carbons (Fsp3) is 0.579. The SMILES string of the molecule is CCCCc1c(C)cc(C)c(C2CC(=O)CC(=O)C2)c1C. The van der Waals surface area contributed by atoms with Crippen molar-refractivity contribution in [3.8, 4) is 0 Å². The molecule has 0 bridgehead atoms. The lowest BCUT2D eigenvalue weighted by Crippen LogP contribution is -2.23. The van der Waals surface area contributed by atoms with Gasteiger partial charge in [-0.05, 0) is 67.3 Å². The molecule has 0 heterocycles. The summed E-state index contributed by atoms with van der Waals surface area (Å²) < 4.78 is 0. The molecule has 1 aromatic carbocycles. The summed E-state index contributed by atoms with van der Waals surface area (Å²) in [6, 6.07) is 2.23. The molecule has 1 fully saturated rings. The average molecular weight is 286 g/mol. The Bertz CT molecular complexity index is 553. The maximum Gasteiger partial charge on any atom is 0.140 e. The van der Waals surface area contributed by atoms with Crippen LogP contribution < -0.4 is 0 Å². The Kier molecular flexibility index (Phi) is 4.97. The molecule has 1 aliphatic rings. The number of unbranched alkanes of at least 4 members (excludes halogenated alkanes) is 1. The highest BCUT2D eigenvalue weighted by Gasteiger charge is 2.29. The Morgan fingerprint density at radius 3 is 2.24 bits per heavy atom. The second-order valence-electron chi connectivity index (χ2n) is 6.49. The molecule has 0 unspecified atom stereocenters. The number of hydrogen-bond donors (Lipinski definition) is 0. The zero-order valence-electron chi connectivity index (χ0n) is 13.7. The molecule has 0 spiro atoms. The molecule has 1 aliphatic carbocycles. The van der Waals surface area contributed by atoms with Crippen LogP contribution in [0.3, 0.4) is 0 Å². The van der Waals surface area contributed by atoms with Gasteiger partial charge in [0, 0.05) is 12.8 Å². The average Bonchev–Trinajstić information content (AvgIpc) is 2.36. The zero-order valence-corrected chi connectivity index (χ0v) is 13.7. The number of benzene rings is 1. The minimum atomic E-state index is 0.0970. The molecule has 2 heteroatoms. The summed E-state index contributed by atoms with van der Waals surface area (Å²) in [6.07, 6.45) is 4.67. The highest BCUT2D eigenvalue weighted by molar-refractivity contribution is 6.02. The van der Waals surface area contributed by atoms with Crippen molar-refractivity contribution in [1.82, 2.24) is 0 Å². The lowest BCUT2D eigenvalue weighted by molar-refractivity contribution is -0.130. The van der Waals surface area contributed by atoms with Crippen LogP contribution in [0.4, 0.5) is 0 Å². The van der Waals surface area contributed by atoms with Crippen molar-refractivity contribution in [1.29, 1.82) is 0 Å². The molecule has 1 aromatic rings. The largest absolute Gasteiger partial charge is 0.299 e. The van der Waals surface area contributed by atoms with E-state index in [0.717, 1.165) is 6.42 Å². The van der Waals surface area contributed by atoms with Crippen LogP contribution in [-0.2, 0) is 16.0 Å². The Morgan fingerprint density at radius 1 is 1.05 bits per heavy atom. The van der Waals surface area contributed by atoms with Gasteiger partial charge in [0.05, 0.1) is 6.42 Å². The second kappa shape index (κ2) is 6.55. The third-order valence-electron chi connectivity index (χ3n) is 4.72. The first kappa shape index (κ1) is 15.9. The van der Waals surface area contributed by atoms with E-state index in [2.05, 4.69) is 33.8 Å². The predicted molar refractivity (Wildman–Crippen MR) is 85.9 cm³/mol. The van der Waals surface area contributed by atoms with Crippen LogP contribution in [0.2, 0.25) is 0 Å². The van der Waals surface area contributed by atoms with E-state index < -0.39 is 0 Å². The Balaban J connectivity index is 2.42. The maximum atomic E-state index is 11.8. The van der Waals surface area contributed by atoms with Crippen molar-refractivity contribution in [2.75, 3.05) is 0 Å². The molecule has 1 saturated carbocycles. The summed E-state index contributed by atoms with van der Waals surface area (Å²) in [5.41, 5.74) is 6.57. The van der Waals surface area contributed by atoms with Crippen LogP contribution in [-0.4, -0.2) is 11.6 Å². The molecule has 0 aliphatic heterocycles. The normalized spacial score (nSPS) is 16.6. The van der Waals surface area contributed by atoms with E-state index in [-0.39, 0.29) is 23.9 Å². The van der Waals surface area contributed by atoms with Gasteiger partial charge in [-0.15, -0.1) is 0 Å². The number of aryl methyl sites for hydroxylation is 2. The van der Waals surface area contributed by atoms with Gasteiger partial charge in [-0.1, -0.05) is 19.4 Å². The van der Waals surface area contributed by atoms with E-state index in [1.54, 1.807) is 0 Å². The van der Waals surface area contributed by atoms with Crippen molar-refractivity contribution in [3.63, 3.8) is 0 Å². The monoisotopic (exact) mass is 286 g/mol. The van der Waals surface area contributed by atoms with Gasteiger partial charge in [-0.3, -0.25) is 9.59 Å². The molecule has 0 amide bonds. The minimum absolute atomic E-state index is 0.0970. The highest BCUT2D eigenvalue weighted by atomic mass is 16.1. The number of carbonyl (C=O) groups is 2. The summed E-state index contributed by atoms with van der Waals surface area (Å²) in [5.74, 6) is 0.302. The topological polar surface area (TPSA) is 34.1 Å². The standard InChI is InChI=1S/C19H26O2/c1-5-6-7-18-12(2)8-13(3)19(14(18)4)15-9-16(20)11-17(21)10-15/h8,15H,5-7,9-11H2,1-4H3. The van der Waals surface area contributed by atoms with Crippen molar-refractivity contribution in [3.05, 3.63) is 33.9 Å². The summed E-state index contributed by atoms with van der Waals surface area (Å²) >= 11 is 0. The molecule has 0 N–H and O–H groups in total. The Labute approximate surface area is 127 Å². The molecule has 114 valence electrons. The quantitative estimate of drug-likeness (QED) is 0.771. The van der Waals surface area contributed by atoms with Crippen LogP contribution >= 0.6 is 0 Å². The molecule has 21 heavy (non-hydrogen) atoms. The van der Waals surface area contributed by atoms with E-state index in [9.17, 15) is 9.59 Å².